The molecule has 0 N–H and O–H groups in total. The second kappa shape index (κ2) is 8.13. The third kappa shape index (κ3) is 4.08. The van der Waals surface area contributed by atoms with Gasteiger partial charge in [-0.2, -0.15) is 0 Å². The van der Waals surface area contributed by atoms with E-state index in [0.29, 0.717) is 6.54 Å². The van der Waals surface area contributed by atoms with Gasteiger partial charge in [-0.15, -0.1) is 0 Å². The van der Waals surface area contributed by atoms with E-state index in [9.17, 15) is 4.79 Å². The summed E-state index contributed by atoms with van der Waals surface area (Å²) in [5, 5.41) is 0. The van der Waals surface area contributed by atoms with Crippen LogP contribution in [0, 0.1) is 13.8 Å². The zero-order chi connectivity index (χ0) is 19.5. The van der Waals surface area contributed by atoms with Gasteiger partial charge in [0.1, 0.15) is 5.75 Å². The summed E-state index contributed by atoms with van der Waals surface area (Å²) in [6.07, 6.45) is 4.46. The van der Waals surface area contributed by atoms with Crippen molar-refractivity contribution in [1.29, 1.82) is 0 Å². The molecule has 1 fully saturated rings. The van der Waals surface area contributed by atoms with Crippen molar-refractivity contribution in [2.24, 2.45) is 0 Å². The van der Waals surface area contributed by atoms with Crippen LogP contribution in [0.3, 0.4) is 0 Å². The quantitative estimate of drug-likeness (QED) is 0.745. The fraction of sp³-hybridized carbons (Fsp3) is 0.435. The van der Waals surface area contributed by atoms with Crippen LogP contribution < -0.4 is 14.2 Å². The summed E-state index contributed by atoms with van der Waals surface area (Å²) in [6.45, 7) is 4.94. The molecule has 1 amide bonds. The molecule has 1 aliphatic carbocycles. The molecule has 2 aliphatic rings. The summed E-state index contributed by atoms with van der Waals surface area (Å²) in [4.78, 5) is 15.0. The second-order valence-corrected chi connectivity index (χ2v) is 7.71. The molecular weight excluding hydrogens is 354 g/mol. The van der Waals surface area contributed by atoms with Gasteiger partial charge in [0.15, 0.2) is 18.1 Å². The Morgan fingerprint density at radius 1 is 1.07 bits per heavy atom. The molecule has 0 spiro atoms. The summed E-state index contributed by atoms with van der Waals surface area (Å²) in [5.74, 6) is 2.32. The van der Waals surface area contributed by atoms with E-state index in [1.165, 1.54) is 18.4 Å². The standard InChI is InChI=1S/C23H27NO4/c1-16-7-9-20(17(2)11-16)26-14-23(25)24(19-5-3-4-6-19)13-18-8-10-21-22(12-18)28-15-27-21/h7-12,19H,3-6,13-15H2,1-2H3. The monoisotopic (exact) mass is 381 g/mol. The van der Waals surface area contributed by atoms with E-state index in [4.69, 9.17) is 14.2 Å². The van der Waals surface area contributed by atoms with Crippen molar-refractivity contribution in [2.75, 3.05) is 13.4 Å². The zero-order valence-corrected chi connectivity index (χ0v) is 16.6. The summed E-state index contributed by atoms with van der Waals surface area (Å²) >= 11 is 0. The number of carbonyl (C=O) groups is 1. The van der Waals surface area contributed by atoms with Crippen LogP contribution in [0.4, 0.5) is 0 Å². The zero-order valence-electron chi connectivity index (χ0n) is 16.6. The average molecular weight is 381 g/mol. The molecule has 1 saturated carbocycles. The lowest BCUT2D eigenvalue weighted by Crippen LogP contribution is -2.41. The lowest BCUT2D eigenvalue weighted by Gasteiger charge is -2.29. The normalized spacial score (nSPS) is 15.6. The summed E-state index contributed by atoms with van der Waals surface area (Å²) in [7, 11) is 0. The SMILES string of the molecule is Cc1ccc(OCC(=O)N(Cc2ccc3c(c2)OCO3)C2CCCC2)c(C)c1. The number of benzene rings is 2. The molecule has 2 aromatic rings. The molecule has 0 atom stereocenters. The summed E-state index contributed by atoms with van der Waals surface area (Å²) in [6, 6.07) is 12.2. The van der Waals surface area contributed by atoms with Crippen molar-refractivity contribution < 1.29 is 19.0 Å². The van der Waals surface area contributed by atoms with Crippen LogP contribution in [0.5, 0.6) is 17.2 Å². The van der Waals surface area contributed by atoms with E-state index in [0.717, 1.165) is 41.2 Å². The first-order chi connectivity index (χ1) is 13.6. The topological polar surface area (TPSA) is 48.0 Å². The third-order valence-corrected chi connectivity index (χ3v) is 5.56. The Bertz CT molecular complexity index is 858. The van der Waals surface area contributed by atoms with Crippen LogP contribution in [0.25, 0.3) is 0 Å². The van der Waals surface area contributed by atoms with Crippen molar-refractivity contribution in [3.8, 4) is 17.2 Å². The molecule has 28 heavy (non-hydrogen) atoms. The van der Waals surface area contributed by atoms with Gasteiger partial charge in [0.05, 0.1) is 0 Å². The van der Waals surface area contributed by atoms with Gasteiger partial charge < -0.3 is 19.1 Å². The van der Waals surface area contributed by atoms with Gasteiger partial charge in [-0.25, -0.2) is 0 Å². The van der Waals surface area contributed by atoms with Crippen molar-refractivity contribution in [1.82, 2.24) is 4.90 Å². The maximum atomic E-state index is 13.1. The van der Waals surface area contributed by atoms with E-state index in [-0.39, 0.29) is 25.3 Å². The second-order valence-electron chi connectivity index (χ2n) is 7.71. The highest BCUT2D eigenvalue weighted by Gasteiger charge is 2.27. The minimum atomic E-state index is 0.0320. The Kier molecular flexibility index (Phi) is 5.42. The fourth-order valence-corrected chi connectivity index (χ4v) is 4.06. The Hall–Kier alpha value is -2.69. The molecule has 1 aliphatic heterocycles. The maximum absolute atomic E-state index is 13.1. The van der Waals surface area contributed by atoms with Crippen molar-refractivity contribution >= 4 is 5.91 Å². The molecule has 5 nitrogen and oxygen atoms in total. The number of carbonyl (C=O) groups excluding carboxylic acids is 1. The van der Waals surface area contributed by atoms with Gasteiger partial charge >= 0.3 is 0 Å². The summed E-state index contributed by atoms with van der Waals surface area (Å²) in [5.41, 5.74) is 3.29. The van der Waals surface area contributed by atoms with Crippen LogP contribution in [0.15, 0.2) is 36.4 Å². The van der Waals surface area contributed by atoms with Gasteiger partial charge in [-0.05, 0) is 56.0 Å². The van der Waals surface area contributed by atoms with Crippen LogP contribution in [0.1, 0.15) is 42.4 Å². The van der Waals surface area contributed by atoms with E-state index in [1.807, 2.05) is 42.2 Å². The smallest absolute Gasteiger partial charge is 0.261 e. The molecule has 0 bridgehead atoms. The van der Waals surface area contributed by atoms with Crippen molar-refractivity contribution in [3.63, 3.8) is 0 Å². The molecule has 5 heteroatoms. The first kappa shape index (κ1) is 18.7. The molecule has 0 aromatic heterocycles. The lowest BCUT2D eigenvalue weighted by molar-refractivity contribution is -0.136. The van der Waals surface area contributed by atoms with E-state index >= 15 is 0 Å². The Labute approximate surface area is 166 Å². The number of fused-ring (bicyclic) bond motifs is 1. The highest BCUT2D eigenvalue weighted by atomic mass is 16.7. The van der Waals surface area contributed by atoms with Crippen LogP contribution >= 0.6 is 0 Å². The number of hydrogen-bond acceptors (Lipinski definition) is 4. The summed E-state index contributed by atoms with van der Waals surface area (Å²) < 4.78 is 16.7. The Morgan fingerprint density at radius 3 is 2.64 bits per heavy atom. The largest absolute Gasteiger partial charge is 0.483 e. The van der Waals surface area contributed by atoms with E-state index < -0.39 is 0 Å². The third-order valence-electron chi connectivity index (χ3n) is 5.56. The van der Waals surface area contributed by atoms with E-state index in [1.54, 1.807) is 0 Å². The van der Waals surface area contributed by atoms with E-state index in [2.05, 4.69) is 13.0 Å². The number of ether oxygens (including phenoxy) is 3. The molecule has 0 saturated heterocycles. The number of rotatable bonds is 6. The number of hydrogen-bond donors (Lipinski definition) is 0. The number of nitrogens with zero attached hydrogens (tertiary/aromatic N) is 1. The van der Waals surface area contributed by atoms with Gasteiger partial charge in [-0.1, -0.05) is 36.6 Å². The molecule has 0 radical (unpaired) electrons. The first-order valence-electron chi connectivity index (χ1n) is 9.98. The van der Waals surface area contributed by atoms with Gasteiger partial charge in [0, 0.05) is 12.6 Å². The fourth-order valence-electron chi connectivity index (χ4n) is 4.06. The minimum absolute atomic E-state index is 0.0320. The van der Waals surface area contributed by atoms with Crippen molar-refractivity contribution in [2.45, 2.75) is 52.1 Å². The molecular formula is C23H27NO4. The predicted molar refractivity (Wildman–Crippen MR) is 107 cm³/mol. The van der Waals surface area contributed by atoms with Gasteiger partial charge in [0.2, 0.25) is 6.79 Å². The Morgan fingerprint density at radius 2 is 1.86 bits per heavy atom. The Balaban J connectivity index is 1.46. The number of aryl methyl sites for hydroxylation is 2. The van der Waals surface area contributed by atoms with Crippen LogP contribution in [-0.4, -0.2) is 30.2 Å². The maximum Gasteiger partial charge on any atom is 0.261 e. The molecule has 4 rings (SSSR count). The van der Waals surface area contributed by atoms with Crippen molar-refractivity contribution in [3.05, 3.63) is 53.1 Å². The number of amides is 1. The van der Waals surface area contributed by atoms with Crippen LogP contribution in [0.2, 0.25) is 0 Å². The molecule has 1 heterocycles. The van der Waals surface area contributed by atoms with Gasteiger partial charge in [0.25, 0.3) is 5.91 Å². The molecule has 148 valence electrons. The lowest BCUT2D eigenvalue weighted by atomic mass is 10.1. The molecule has 2 aromatic carbocycles. The average Bonchev–Trinajstić information content (AvgIpc) is 3.36. The first-order valence-corrected chi connectivity index (χ1v) is 9.98. The minimum Gasteiger partial charge on any atom is -0.483 e. The highest BCUT2D eigenvalue weighted by molar-refractivity contribution is 5.78. The predicted octanol–water partition coefficient (Wildman–Crippen LogP) is 4.38. The highest BCUT2D eigenvalue weighted by Crippen LogP contribution is 2.33. The molecule has 0 unspecified atom stereocenters. The van der Waals surface area contributed by atoms with Gasteiger partial charge in [-0.3, -0.25) is 4.79 Å². The van der Waals surface area contributed by atoms with Crippen LogP contribution in [-0.2, 0) is 11.3 Å².